The van der Waals surface area contributed by atoms with Gasteiger partial charge in [0.25, 0.3) is 5.91 Å². The predicted molar refractivity (Wildman–Crippen MR) is 112 cm³/mol. The molecule has 1 aliphatic rings. The summed E-state index contributed by atoms with van der Waals surface area (Å²) < 4.78 is 4.78. The van der Waals surface area contributed by atoms with Gasteiger partial charge in [-0.2, -0.15) is 0 Å². The highest BCUT2D eigenvalue weighted by Crippen LogP contribution is 2.29. The first-order valence-electron chi connectivity index (χ1n) is 8.43. The molecule has 0 radical (unpaired) electrons. The van der Waals surface area contributed by atoms with Gasteiger partial charge in [-0.15, -0.1) is 0 Å². The number of nitrogens with one attached hydrogen (secondary N) is 3. The smallest absolute Gasteiger partial charge is 0.339 e. The van der Waals surface area contributed by atoms with Crippen molar-refractivity contribution in [1.82, 2.24) is 10.6 Å². The molecule has 3 N–H and O–H groups in total. The van der Waals surface area contributed by atoms with E-state index in [1.54, 1.807) is 43.3 Å². The summed E-state index contributed by atoms with van der Waals surface area (Å²) in [5.74, 6) is -0.895. The van der Waals surface area contributed by atoms with Crippen LogP contribution in [0, 0.1) is 0 Å². The number of amides is 1. The molecule has 2 aromatic carbocycles. The lowest BCUT2D eigenvalue weighted by Gasteiger charge is -2.30. The Balaban J connectivity index is 1.96. The van der Waals surface area contributed by atoms with Crippen LogP contribution in [-0.2, 0) is 9.53 Å². The number of anilines is 1. The molecule has 1 unspecified atom stereocenters. The Kier molecular flexibility index (Phi) is 5.96. The number of esters is 1. The molecule has 8 heteroatoms. The highest BCUT2D eigenvalue weighted by molar-refractivity contribution is 7.80. The zero-order valence-electron chi connectivity index (χ0n) is 15.2. The van der Waals surface area contributed by atoms with Crippen molar-refractivity contribution in [2.45, 2.75) is 13.0 Å². The van der Waals surface area contributed by atoms with Gasteiger partial charge in [-0.25, -0.2) is 4.79 Å². The van der Waals surface area contributed by atoms with Gasteiger partial charge in [0.2, 0.25) is 0 Å². The molecule has 0 aromatic heterocycles. The van der Waals surface area contributed by atoms with E-state index in [1.807, 2.05) is 12.1 Å². The van der Waals surface area contributed by atoms with E-state index in [1.165, 1.54) is 7.11 Å². The fourth-order valence-electron chi connectivity index (χ4n) is 2.97. The lowest BCUT2D eigenvalue weighted by Crippen LogP contribution is -2.45. The molecule has 0 fully saturated rings. The van der Waals surface area contributed by atoms with Crippen molar-refractivity contribution in [3.05, 3.63) is 76.0 Å². The van der Waals surface area contributed by atoms with Crippen LogP contribution in [0.1, 0.15) is 28.9 Å². The SMILES string of the molecule is COC(=O)c1ccccc1NC(=O)C1=C(C)NC(=S)NC1c1ccc(Cl)cc1. The Morgan fingerprint density at radius 3 is 2.50 bits per heavy atom. The number of carbonyl (C=O) groups excluding carboxylic acids is 2. The van der Waals surface area contributed by atoms with Gasteiger partial charge >= 0.3 is 5.97 Å². The molecule has 0 saturated heterocycles. The van der Waals surface area contributed by atoms with Crippen LogP contribution >= 0.6 is 23.8 Å². The van der Waals surface area contributed by atoms with Crippen LogP contribution in [0.2, 0.25) is 5.02 Å². The van der Waals surface area contributed by atoms with Crippen LogP contribution in [0.4, 0.5) is 5.69 Å². The number of allylic oxidation sites excluding steroid dienone is 1. The fourth-order valence-corrected chi connectivity index (χ4v) is 3.37. The number of hydrogen-bond acceptors (Lipinski definition) is 4. The minimum absolute atomic E-state index is 0.270. The summed E-state index contributed by atoms with van der Waals surface area (Å²) in [6.07, 6.45) is 0. The van der Waals surface area contributed by atoms with Gasteiger partial charge in [-0.1, -0.05) is 35.9 Å². The molecule has 0 aliphatic carbocycles. The van der Waals surface area contributed by atoms with E-state index in [2.05, 4.69) is 16.0 Å². The van der Waals surface area contributed by atoms with Crippen LogP contribution in [-0.4, -0.2) is 24.1 Å². The number of hydrogen-bond donors (Lipinski definition) is 3. The molecule has 1 heterocycles. The maximum Gasteiger partial charge on any atom is 0.339 e. The van der Waals surface area contributed by atoms with E-state index in [9.17, 15) is 9.59 Å². The Bertz CT molecular complexity index is 973. The molecule has 1 atom stereocenters. The van der Waals surface area contributed by atoms with E-state index in [0.29, 0.717) is 27.1 Å². The summed E-state index contributed by atoms with van der Waals surface area (Å²) in [5, 5.41) is 9.91. The maximum absolute atomic E-state index is 13.1. The average Bonchev–Trinajstić information content (AvgIpc) is 2.67. The Hall–Kier alpha value is -2.90. The van der Waals surface area contributed by atoms with Crippen molar-refractivity contribution in [1.29, 1.82) is 0 Å². The van der Waals surface area contributed by atoms with E-state index in [-0.39, 0.29) is 11.5 Å². The third-order valence-corrected chi connectivity index (χ3v) is 4.77. The summed E-state index contributed by atoms with van der Waals surface area (Å²) in [4.78, 5) is 25.1. The van der Waals surface area contributed by atoms with E-state index in [0.717, 1.165) is 5.56 Å². The Labute approximate surface area is 172 Å². The van der Waals surface area contributed by atoms with Crippen molar-refractivity contribution in [3.8, 4) is 0 Å². The molecule has 28 heavy (non-hydrogen) atoms. The molecule has 1 aliphatic heterocycles. The van der Waals surface area contributed by atoms with E-state index in [4.69, 9.17) is 28.6 Å². The molecule has 1 amide bonds. The maximum atomic E-state index is 13.1. The van der Waals surface area contributed by atoms with Gasteiger partial charge in [-0.3, -0.25) is 4.79 Å². The zero-order valence-corrected chi connectivity index (χ0v) is 16.8. The monoisotopic (exact) mass is 415 g/mol. The molecule has 2 aromatic rings. The van der Waals surface area contributed by atoms with Crippen molar-refractivity contribution in [2.75, 3.05) is 12.4 Å². The predicted octanol–water partition coefficient (Wildman–Crippen LogP) is 3.56. The molecule has 0 spiro atoms. The third kappa shape index (κ3) is 4.16. The minimum atomic E-state index is -0.531. The van der Waals surface area contributed by atoms with Gasteiger partial charge in [0, 0.05) is 10.7 Å². The standard InChI is InChI=1S/C20H18ClN3O3S/c1-11-16(17(24-20(28)22-11)12-7-9-13(21)10-8-12)18(25)23-15-6-4-3-5-14(15)19(26)27-2/h3-10,17H,1-2H3,(H,23,25)(H2,22,24,28). The molecule has 0 saturated carbocycles. The first kappa shape index (κ1) is 19.9. The van der Waals surface area contributed by atoms with Crippen LogP contribution in [0.3, 0.4) is 0 Å². The lowest BCUT2D eigenvalue weighted by molar-refractivity contribution is -0.113. The van der Waals surface area contributed by atoms with Crippen molar-refractivity contribution in [3.63, 3.8) is 0 Å². The largest absolute Gasteiger partial charge is 0.465 e. The van der Waals surface area contributed by atoms with E-state index < -0.39 is 12.0 Å². The normalized spacial score (nSPS) is 16.1. The van der Waals surface area contributed by atoms with Gasteiger partial charge in [-0.05, 0) is 49.0 Å². The summed E-state index contributed by atoms with van der Waals surface area (Å²) in [7, 11) is 1.29. The summed E-state index contributed by atoms with van der Waals surface area (Å²) >= 11 is 11.2. The highest BCUT2D eigenvalue weighted by atomic mass is 35.5. The molecule has 3 rings (SSSR count). The lowest BCUT2D eigenvalue weighted by atomic mass is 9.95. The number of carbonyl (C=O) groups is 2. The number of ether oxygens (including phenoxy) is 1. The molecule has 144 valence electrons. The van der Waals surface area contributed by atoms with Crippen molar-refractivity contribution < 1.29 is 14.3 Å². The number of para-hydroxylation sites is 1. The van der Waals surface area contributed by atoms with Gasteiger partial charge in [0.15, 0.2) is 5.11 Å². The highest BCUT2D eigenvalue weighted by Gasteiger charge is 2.30. The van der Waals surface area contributed by atoms with Gasteiger partial charge in [0.05, 0.1) is 30.0 Å². The van der Waals surface area contributed by atoms with Crippen molar-refractivity contribution >= 4 is 46.5 Å². The molecular weight excluding hydrogens is 398 g/mol. The summed E-state index contributed by atoms with van der Waals surface area (Å²) in [6.45, 7) is 1.77. The van der Waals surface area contributed by atoms with Crippen LogP contribution in [0.25, 0.3) is 0 Å². The molecular formula is C20H18ClN3O3S. The van der Waals surface area contributed by atoms with Crippen LogP contribution in [0.15, 0.2) is 59.8 Å². The third-order valence-electron chi connectivity index (χ3n) is 4.30. The quantitative estimate of drug-likeness (QED) is 0.523. The van der Waals surface area contributed by atoms with Crippen LogP contribution < -0.4 is 16.0 Å². The first-order chi connectivity index (χ1) is 13.4. The second-order valence-electron chi connectivity index (χ2n) is 6.11. The summed E-state index contributed by atoms with van der Waals surface area (Å²) in [6, 6.07) is 13.4. The second kappa shape index (κ2) is 8.41. The number of benzene rings is 2. The number of methoxy groups -OCH3 is 1. The topological polar surface area (TPSA) is 79.5 Å². The van der Waals surface area contributed by atoms with Gasteiger partial charge in [0.1, 0.15) is 0 Å². The first-order valence-corrected chi connectivity index (χ1v) is 9.21. The number of rotatable bonds is 4. The summed E-state index contributed by atoms with van der Waals surface area (Å²) in [5.41, 5.74) is 2.54. The van der Waals surface area contributed by atoms with E-state index >= 15 is 0 Å². The van der Waals surface area contributed by atoms with Crippen molar-refractivity contribution in [2.24, 2.45) is 0 Å². The Morgan fingerprint density at radius 1 is 1.14 bits per heavy atom. The number of halogens is 1. The second-order valence-corrected chi connectivity index (χ2v) is 6.96. The molecule has 6 nitrogen and oxygen atoms in total. The Morgan fingerprint density at radius 2 is 1.82 bits per heavy atom. The minimum Gasteiger partial charge on any atom is -0.465 e. The average molecular weight is 416 g/mol. The zero-order chi connectivity index (χ0) is 20.3. The molecule has 0 bridgehead atoms. The fraction of sp³-hybridized carbons (Fsp3) is 0.150. The van der Waals surface area contributed by atoms with Crippen LogP contribution in [0.5, 0.6) is 0 Å². The number of thiocarbonyl (C=S) groups is 1. The van der Waals surface area contributed by atoms with Gasteiger partial charge < -0.3 is 20.7 Å².